The van der Waals surface area contributed by atoms with Crippen LogP contribution in [0.15, 0.2) is 36.4 Å². The van der Waals surface area contributed by atoms with Crippen molar-refractivity contribution < 1.29 is 4.74 Å². The van der Waals surface area contributed by atoms with Crippen LogP contribution in [0.25, 0.3) is 0 Å². The minimum absolute atomic E-state index is 0.0727. The van der Waals surface area contributed by atoms with Gasteiger partial charge in [-0.15, -0.1) is 0 Å². The molecule has 1 atom stereocenters. The molecule has 0 spiro atoms. The normalized spacial score (nSPS) is 12.2. The zero-order valence-electron chi connectivity index (χ0n) is 13.0. The van der Waals surface area contributed by atoms with Crippen LogP contribution in [0.1, 0.15) is 35.2 Å². The number of ether oxygens (including phenoxy) is 1. The Balaban J connectivity index is 2.58. The highest BCUT2D eigenvalue weighted by atomic mass is 35.5. The number of hydrogen-bond acceptors (Lipinski definition) is 2. The molecule has 0 heterocycles. The average Bonchev–Trinajstić information content (AvgIpc) is 2.48. The van der Waals surface area contributed by atoms with Crippen LogP contribution in [-0.4, -0.2) is 13.7 Å². The second-order valence-corrected chi connectivity index (χ2v) is 5.60. The zero-order chi connectivity index (χ0) is 15.4. The van der Waals surface area contributed by atoms with Gasteiger partial charge in [-0.3, -0.25) is 0 Å². The highest BCUT2D eigenvalue weighted by Gasteiger charge is 2.20. The van der Waals surface area contributed by atoms with E-state index in [0.717, 1.165) is 22.9 Å². The average molecular weight is 304 g/mol. The predicted molar refractivity (Wildman–Crippen MR) is 89.4 cm³/mol. The Labute approximate surface area is 132 Å². The second kappa shape index (κ2) is 6.97. The van der Waals surface area contributed by atoms with Gasteiger partial charge in [0, 0.05) is 10.6 Å². The van der Waals surface area contributed by atoms with Gasteiger partial charge in [-0.2, -0.15) is 0 Å². The number of benzene rings is 2. The van der Waals surface area contributed by atoms with Crippen LogP contribution in [0.3, 0.4) is 0 Å². The van der Waals surface area contributed by atoms with Gasteiger partial charge in [-0.05, 0) is 55.3 Å². The maximum absolute atomic E-state index is 6.19. The molecule has 2 rings (SSSR count). The molecular weight excluding hydrogens is 282 g/mol. The van der Waals surface area contributed by atoms with Crippen molar-refractivity contribution in [1.82, 2.24) is 5.32 Å². The smallest absolute Gasteiger partial charge is 0.124 e. The van der Waals surface area contributed by atoms with Crippen molar-refractivity contribution in [3.63, 3.8) is 0 Å². The molecule has 1 unspecified atom stereocenters. The quantitative estimate of drug-likeness (QED) is 0.867. The molecule has 0 radical (unpaired) electrons. The van der Waals surface area contributed by atoms with E-state index in [1.807, 2.05) is 18.2 Å². The summed E-state index contributed by atoms with van der Waals surface area (Å²) in [5.41, 5.74) is 4.92. The summed E-state index contributed by atoms with van der Waals surface area (Å²) in [5.74, 6) is 0.853. The summed E-state index contributed by atoms with van der Waals surface area (Å²) in [6.07, 6.45) is 0. The number of methoxy groups -OCH3 is 1. The van der Waals surface area contributed by atoms with Crippen LogP contribution in [0.5, 0.6) is 5.75 Å². The minimum atomic E-state index is 0.0727. The lowest BCUT2D eigenvalue weighted by Gasteiger charge is -2.24. The maximum atomic E-state index is 6.19. The molecule has 0 aromatic heterocycles. The molecule has 112 valence electrons. The van der Waals surface area contributed by atoms with Gasteiger partial charge >= 0.3 is 0 Å². The van der Waals surface area contributed by atoms with Crippen LogP contribution in [0.4, 0.5) is 0 Å². The number of aryl methyl sites for hydroxylation is 1. The Morgan fingerprint density at radius 2 is 1.90 bits per heavy atom. The van der Waals surface area contributed by atoms with Gasteiger partial charge in [0.1, 0.15) is 5.75 Å². The van der Waals surface area contributed by atoms with Crippen LogP contribution in [0, 0.1) is 13.8 Å². The molecule has 3 heteroatoms. The Morgan fingerprint density at radius 1 is 1.14 bits per heavy atom. The van der Waals surface area contributed by atoms with Crippen LogP contribution < -0.4 is 10.1 Å². The first kappa shape index (κ1) is 15.9. The van der Waals surface area contributed by atoms with Crippen molar-refractivity contribution in [3.05, 3.63) is 63.7 Å². The Hall–Kier alpha value is -1.51. The molecule has 0 aliphatic heterocycles. The van der Waals surface area contributed by atoms with Gasteiger partial charge < -0.3 is 10.1 Å². The van der Waals surface area contributed by atoms with E-state index in [1.165, 1.54) is 16.7 Å². The van der Waals surface area contributed by atoms with Crippen LogP contribution >= 0.6 is 11.6 Å². The van der Waals surface area contributed by atoms with E-state index in [0.29, 0.717) is 0 Å². The monoisotopic (exact) mass is 303 g/mol. The summed E-state index contributed by atoms with van der Waals surface area (Å²) >= 11 is 6.19. The highest BCUT2D eigenvalue weighted by Crippen LogP contribution is 2.34. The Morgan fingerprint density at radius 3 is 2.57 bits per heavy atom. The van der Waals surface area contributed by atoms with E-state index in [2.05, 4.69) is 44.3 Å². The molecule has 2 aromatic rings. The summed E-state index contributed by atoms with van der Waals surface area (Å²) in [5, 5.41) is 4.27. The lowest BCUT2D eigenvalue weighted by Crippen LogP contribution is -2.23. The predicted octanol–water partition coefficient (Wildman–Crippen LogP) is 4.66. The fourth-order valence-corrected chi connectivity index (χ4v) is 2.79. The molecule has 0 amide bonds. The second-order valence-electron chi connectivity index (χ2n) is 5.17. The number of halogens is 1. The first-order chi connectivity index (χ1) is 10.1. The van der Waals surface area contributed by atoms with Gasteiger partial charge in [-0.25, -0.2) is 0 Å². The van der Waals surface area contributed by atoms with Crippen molar-refractivity contribution in [2.75, 3.05) is 13.7 Å². The highest BCUT2D eigenvalue weighted by molar-refractivity contribution is 6.30. The Bertz CT molecular complexity index is 625. The fraction of sp³-hybridized carbons (Fsp3) is 0.333. The van der Waals surface area contributed by atoms with Gasteiger partial charge in [0.15, 0.2) is 0 Å². The van der Waals surface area contributed by atoms with E-state index in [1.54, 1.807) is 7.11 Å². The third-order valence-electron chi connectivity index (χ3n) is 3.87. The van der Waals surface area contributed by atoms with Gasteiger partial charge in [0.05, 0.1) is 13.2 Å². The topological polar surface area (TPSA) is 21.3 Å². The van der Waals surface area contributed by atoms with E-state index in [9.17, 15) is 0 Å². The van der Waals surface area contributed by atoms with Crippen molar-refractivity contribution in [3.8, 4) is 5.75 Å². The van der Waals surface area contributed by atoms with E-state index in [4.69, 9.17) is 16.3 Å². The number of hydrogen-bond donors (Lipinski definition) is 1. The van der Waals surface area contributed by atoms with E-state index in [-0.39, 0.29) is 6.04 Å². The number of rotatable bonds is 5. The van der Waals surface area contributed by atoms with Crippen molar-refractivity contribution in [1.29, 1.82) is 0 Å². The zero-order valence-corrected chi connectivity index (χ0v) is 13.8. The van der Waals surface area contributed by atoms with Crippen molar-refractivity contribution in [2.45, 2.75) is 26.8 Å². The number of nitrogens with one attached hydrogen (secondary N) is 1. The molecule has 2 nitrogen and oxygen atoms in total. The van der Waals surface area contributed by atoms with Crippen molar-refractivity contribution in [2.24, 2.45) is 0 Å². The van der Waals surface area contributed by atoms with Gasteiger partial charge in [-0.1, -0.05) is 36.7 Å². The molecule has 0 aliphatic carbocycles. The summed E-state index contributed by atoms with van der Waals surface area (Å²) in [6.45, 7) is 7.27. The first-order valence-corrected chi connectivity index (χ1v) is 7.59. The maximum Gasteiger partial charge on any atom is 0.124 e. The third kappa shape index (κ3) is 3.39. The van der Waals surface area contributed by atoms with Crippen LogP contribution in [0.2, 0.25) is 5.02 Å². The largest absolute Gasteiger partial charge is 0.496 e. The molecule has 21 heavy (non-hydrogen) atoms. The summed E-state index contributed by atoms with van der Waals surface area (Å²) in [7, 11) is 1.69. The van der Waals surface area contributed by atoms with Gasteiger partial charge in [0.25, 0.3) is 0 Å². The Kier molecular flexibility index (Phi) is 5.27. The fourth-order valence-electron chi connectivity index (χ4n) is 2.61. The standard InChI is InChI=1S/C18H22ClNO/c1-5-20-18(15-8-6-7-12(2)13(15)3)16-11-14(19)9-10-17(16)21-4/h6-11,18,20H,5H2,1-4H3. The SMILES string of the molecule is CCNC(c1cc(Cl)ccc1OC)c1cccc(C)c1C. The molecule has 1 N–H and O–H groups in total. The first-order valence-electron chi connectivity index (χ1n) is 7.21. The molecule has 0 fully saturated rings. The molecule has 0 aliphatic rings. The lowest BCUT2D eigenvalue weighted by molar-refractivity contribution is 0.404. The molecule has 2 aromatic carbocycles. The summed E-state index contributed by atoms with van der Waals surface area (Å²) in [4.78, 5) is 0. The molecular formula is C18H22ClNO. The van der Waals surface area contributed by atoms with Crippen LogP contribution in [-0.2, 0) is 0 Å². The lowest BCUT2D eigenvalue weighted by atomic mass is 9.92. The van der Waals surface area contributed by atoms with Crippen molar-refractivity contribution >= 4 is 11.6 Å². The van der Waals surface area contributed by atoms with E-state index < -0.39 is 0 Å². The molecule has 0 saturated heterocycles. The summed E-state index contributed by atoms with van der Waals surface area (Å²) < 4.78 is 5.52. The summed E-state index contributed by atoms with van der Waals surface area (Å²) in [6, 6.07) is 12.2. The molecule has 0 saturated carbocycles. The van der Waals surface area contributed by atoms with Gasteiger partial charge in [0.2, 0.25) is 0 Å². The third-order valence-corrected chi connectivity index (χ3v) is 4.10. The minimum Gasteiger partial charge on any atom is -0.496 e. The molecule has 0 bridgehead atoms. The van der Waals surface area contributed by atoms with E-state index >= 15 is 0 Å².